The van der Waals surface area contributed by atoms with Crippen molar-refractivity contribution in [2.45, 2.75) is 70.8 Å². The Kier molecular flexibility index (Phi) is 4.49. The number of fused-ring (bicyclic) bond motifs is 5. The van der Waals surface area contributed by atoms with E-state index in [4.69, 9.17) is 4.74 Å². The molecule has 0 aromatic heterocycles. The summed E-state index contributed by atoms with van der Waals surface area (Å²) < 4.78 is 5.79. The van der Waals surface area contributed by atoms with Gasteiger partial charge in [-0.05, 0) is 92.3 Å². The summed E-state index contributed by atoms with van der Waals surface area (Å²) in [5.74, 6) is 2.91. The lowest BCUT2D eigenvalue weighted by atomic mass is 9.44. The van der Waals surface area contributed by atoms with Crippen molar-refractivity contribution in [2.24, 2.45) is 34.5 Å². The molecule has 0 heterocycles. The number of hydrogen-bond acceptors (Lipinski definition) is 3. The Morgan fingerprint density at radius 3 is 2.80 bits per heavy atom. The van der Waals surface area contributed by atoms with Gasteiger partial charge in [-0.2, -0.15) is 5.26 Å². The van der Waals surface area contributed by atoms with E-state index >= 15 is 0 Å². The van der Waals surface area contributed by atoms with E-state index in [-0.39, 0.29) is 11.5 Å². The number of ether oxygens (including phenoxy) is 1. The summed E-state index contributed by atoms with van der Waals surface area (Å²) in [5.41, 5.74) is 1.96. The Morgan fingerprint density at radius 1 is 1.20 bits per heavy atom. The first-order valence-corrected chi connectivity index (χ1v) is 10.3. The molecule has 1 unspecified atom stereocenters. The van der Waals surface area contributed by atoms with Gasteiger partial charge in [0.25, 0.3) is 0 Å². The van der Waals surface area contributed by atoms with Gasteiger partial charge in [-0.15, -0.1) is 0 Å². The number of aliphatic hydroxyl groups is 1. The molecule has 3 heteroatoms. The molecule has 0 saturated heterocycles. The van der Waals surface area contributed by atoms with Gasteiger partial charge >= 0.3 is 0 Å². The van der Waals surface area contributed by atoms with Crippen LogP contribution in [0.25, 0.3) is 0 Å². The third kappa shape index (κ3) is 2.52. The van der Waals surface area contributed by atoms with E-state index in [0.29, 0.717) is 11.3 Å². The zero-order valence-electron chi connectivity index (χ0n) is 15.8. The van der Waals surface area contributed by atoms with Crippen LogP contribution in [0.15, 0.2) is 11.6 Å². The average Bonchev–Trinajstić information content (AvgIpc) is 2.93. The van der Waals surface area contributed by atoms with Crippen LogP contribution in [-0.2, 0) is 4.74 Å². The van der Waals surface area contributed by atoms with E-state index in [2.05, 4.69) is 13.0 Å². The van der Waals surface area contributed by atoms with Crippen molar-refractivity contribution in [3.8, 4) is 6.07 Å². The quantitative estimate of drug-likeness (QED) is 0.753. The molecule has 0 aliphatic heterocycles. The molecule has 25 heavy (non-hydrogen) atoms. The lowest BCUT2D eigenvalue weighted by molar-refractivity contribution is -0.151. The van der Waals surface area contributed by atoms with E-state index in [9.17, 15) is 10.4 Å². The summed E-state index contributed by atoms with van der Waals surface area (Å²) in [6.07, 6.45) is 12.3. The van der Waals surface area contributed by atoms with Gasteiger partial charge < -0.3 is 9.84 Å². The van der Waals surface area contributed by atoms with Crippen molar-refractivity contribution in [1.82, 2.24) is 0 Å². The molecule has 0 bridgehead atoms. The maximum absolute atomic E-state index is 10.2. The van der Waals surface area contributed by atoms with Gasteiger partial charge in [0.1, 0.15) is 0 Å². The van der Waals surface area contributed by atoms with E-state index in [1.807, 2.05) is 13.2 Å². The zero-order chi connectivity index (χ0) is 17.7. The molecular weight excluding hydrogens is 310 g/mol. The molecule has 138 valence electrons. The number of rotatable bonds is 2. The van der Waals surface area contributed by atoms with Crippen LogP contribution in [0.4, 0.5) is 0 Å². The van der Waals surface area contributed by atoms with Crippen molar-refractivity contribution in [3.05, 3.63) is 11.6 Å². The maximum Gasteiger partial charge on any atom is 0.0911 e. The van der Waals surface area contributed by atoms with Gasteiger partial charge in [-0.3, -0.25) is 0 Å². The molecule has 0 spiro atoms. The molecule has 3 nitrogen and oxygen atoms in total. The van der Waals surface area contributed by atoms with Crippen molar-refractivity contribution in [2.75, 3.05) is 13.7 Å². The van der Waals surface area contributed by atoms with E-state index in [1.165, 1.54) is 37.7 Å². The van der Waals surface area contributed by atoms with E-state index in [1.54, 1.807) is 0 Å². The van der Waals surface area contributed by atoms with Crippen LogP contribution in [0.3, 0.4) is 0 Å². The molecule has 0 radical (unpaired) electrons. The molecule has 4 rings (SSSR count). The van der Waals surface area contributed by atoms with Crippen LogP contribution in [0.2, 0.25) is 0 Å². The summed E-state index contributed by atoms with van der Waals surface area (Å²) in [6, 6.07) is 2.31. The Labute approximate surface area is 152 Å². The first-order valence-electron chi connectivity index (χ1n) is 10.3. The Balaban J connectivity index is 1.66. The van der Waals surface area contributed by atoms with Crippen LogP contribution < -0.4 is 0 Å². The Hall–Kier alpha value is -0.850. The minimum atomic E-state index is -0.1000. The number of allylic oxidation sites excluding steroid dienone is 2. The highest BCUT2D eigenvalue weighted by molar-refractivity contribution is 5.28. The average molecular weight is 344 g/mol. The van der Waals surface area contributed by atoms with Crippen LogP contribution in [0, 0.1) is 45.8 Å². The first kappa shape index (κ1) is 17.6. The van der Waals surface area contributed by atoms with Gasteiger partial charge in [0.05, 0.1) is 18.8 Å². The highest BCUT2D eigenvalue weighted by Gasteiger charge is 2.60. The summed E-state index contributed by atoms with van der Waals surface area (Å²) in [7, 11) is 1.86. The van der Waals surface area contributed by atoms with Gasteiger partial charge in [0, 0.05) is 13.2 Å². The summed E-state index contributed by atoms with van der Waals surface area (Å²) in [4.78, 5) is 0. The molecule has 0 aromatic carbocycles. The maximum atomic E-state index is 10.2. The fraction of sp³-hybridized carbons (Fsp3) is 0.864. The van der Waals surface area contributed by atoms with Crippen LogP contribution in [-0.4, -0.2) is 24.9 Å². The molecule has 4 aliphatic carbocycles. The third-order valence-electron chi connectivity index (χ3n) is 8.84. The second kappa shape index (κ2) is 6.39. The van der Waals surface area contributed by atoms with Crippen molar-refractivity contribution < 1.29 is 9.84 Å². The number of methoxy groups -OCH3 is 1. The first-order chi connectivity index (χ1) is 12.0. The minimum absolute atomic E-state index is 0.1000. The molecule has 4 aliphatic rings. The number of nitriles is 1. The molecule has 4 saturated carbocycles. The highest BCUT2D eigenvalue weighted by Crippen LogP contribution is 2.67. The second-order valence-corrected chi connectivity index (χ2v) is 9.54. The van der Waals surface area contributed by atoms with Crippen molar-refractivity contribution in [3.63, 3.8) is 0 Å². The largest absolute Gasteiger partial charge is 0.393 e. The second-order valence-electron chi connectivity index (χ2n) is 9.54. The van der Waals surface area contributed by atoms with Gasteiger partial charge in [0.2, 0.25) is 0 Å². The predicted molar refractivity (Wildman–Crippen MR) is 97.6 cm³/mol. The van der Waals surface area contributed by atoms with Gasteiger partial charge in [0.15, 0.2) is 0 Å². The Bertz CT molecular complexity index is 593. The van der Waals surface area contributed by atoms with E-state index < -0.39 is 0 Å². The number of hydrogen-bond donors (Lipinski definition) is 1. The number of aliphatic hydroxyl groups excluding tert-OH is 1. The SMILES string of the molecule is COCC12CC[C@@H](O)C[C@@H]1CC[C@@H]1[C@@H]2CC[C@]2(C)/C(=C\C#N)CC[C@@H]12. The molecule has 7 atom stereocenters. The topological polar surface area (TPSA) is 53.2 Å². The van der Waals surface area contributed by atoms with Crippen molar-refractivity contribution >= 4 is 0 Å². The number of nitrogens with zero attached hydrogens (tertiary/aromatic N) is 1. The van der Waals surface area contributed by atoms with Crippen LogP contribution in [0.5, 0.6) is 0 Å². The van der Waals surface area contributed by atoms with Gasteiger partial charge in [-0.25, -0.2) is 0 Å². The molecule has 0 aromatic rings. The normalized spacial score (nSPS) is 50.6. The monoisotopic (exact) mass is 343 g/mol. The van der Waals surface area contributed by atoms with Crippen LogP contribution in [0.1, 0.15) is 64.7 Å². The summed E-state index contributed by atoms with van der Waals surface area (Å²) in [6.45, 7) is 3.31. The lowest BCUT2D eigenvalue weighted by Gasteiger charge is -2.61. The third-order valence-corrected chi connectivity index (χ3v) is 8.84. The summed E-state index contributed by atoms with van der Waals surface area (Å²) >= 11 is 0. The molecule has 1 N–H and O–H groups in total. The summed E-state index contributed by atoms with van der Waals surface area (Å²) in [5, 5.41) is 19.4. The fourth-order valence-electron chi connectivity index (χ4n) is 7.74. The van der Waals surface area contributed by atoms with Crippen molar-refractivity contribution in [1.29, 1.82) is 5.26 Å². The standard InChI is InChI=1S/C22H33NO2/c1-21-10-8-20-18(19(21)6-4-15(21)9-12-23)5-3-16-13-17(24)7-11-22(16,20)14-25-2/h9,16-20,24H,3-8,10-11,13-14H2,1-2H3/b15-9-/t16-,17+,18-,19-,20-,21+,22?/m0/s1. The molecular formula is C22H33NO2. The smallest absolute Gasteiger partial charge is 0.0911 e. The molecule has 0 amide bonds. The predicted octanol–water partition coefficient (Wildman–Crippen LogP) is 4.47. The Morgan fingerprint density at radius 2 is 2.04 bits per heavy atom. The van der Waals surface area contributed by atoms with Gasteiger partial charge in [-0.1, -0.05) is 12.5 Å². The lowest BCUT2D eigenvalue weighted by Crippen LogP contribution is -2.56. The van der Waals surface area contributed by atoms with Crippen LogP contribution >= 0.6 is 0 Å². The minimum Gasteiger partial charge on any atom is -0.393 e. The highest BCUT2D eigenvalue weighted by atomic mass is 16.5. The molecule has 4 fully saturated rings. The van der Waals surface area contributed by atoms with E-state index in [0.717, 1.165) is 50.0 Å². The zero-order valence-corrected chi connectivity index (χ0v) is 15.8. The fourth-order valence-corrected chi connectivity index (χ4v) is 7.74.